The molecule has 0 unspecified atom stereocenters. The Morgan fingerprint density at radius 3 is 2.46 bits per heavy atom. The highest BCUT2D eigenvalue weighted by Crippen LogP contribution is 2.36. The fourth-order valence-corrected chi connectivity index (χ4v) is 5.61. The lowest BCUT2D eigenvalue weighted by Gasteiger charge is -2.37. The van der Waals surface area contributed by atoms with E-state index in [-0.39, 0.29) is 36.3 Å². The zero-order chi connectivity index (χ0) is 30.0. The molecule has 2 aliphatic heterocycles. The number of amides is 2. The van der Waals surface area contributed by atoms with Gasteiger partial charge in [-0.3, -0.25) is 19.3 Å². The number of rotatable bonds is 4. The van der Waals surface area contributed by atoms with Crippen molar-refractivity contribution in [3.05, 3.63) is 75.1 Å². The molecule has 0 aliphatic carbocycles. The van der Waals surface area contributed by atoms with Gasteiger partial charge in [-0.15, -0.1) is 0 Å². The molecule has 0 saturated heterocycles. The van der Waals surface area contributed by atoms with E-state index in [1.165, 1.54) is 11.0 Å². The van der Waals surface area contributed by atoms with E-state index in [1.807, 2.05) is 19.9 Å². The molecular formula is C28H30ClF3N6O3. The quantitative estimate of drug-likeness (QED) is 0.462. The van der Waals surface area contributed by atoms with Gasteiger partial charge in [-0.05, 0) is 58.4 Å². The largest absolute Gasteiger partial charge is 0.434 e. The Labute approximate surface area is 239 Å². The molecule has 5 heterocycles. The SMILES string of the molecule is C[C@@H]1Cc2nn3c(c2CN1C(=O)c1ccc(Cl)c(C(F)(F)F)n1)C(=O)N([C@H](C)c1ccc(C(C)(C)O)nc1)C[C@H]3C. The summed E-state index contributed by atoms with van der Waals surface area (Å²) in [6.45, 7) is 9.31. The molecule has 5 rings (SSSR count). The lowest BCUT2D eigenvalue weighted by Crippen LogP contribution is -2.45. The van der Waals surface area contributed by atoms with Crippen molar-refractivity contribution in [1.29, 1.82) is 0 Å². The van der Waals surface area contributed by atoms with Gasteiger partial charge in [0, 0.05) is 30.8 Å². The molecule has 218 valence electrons. The minimum atomic E-state index is -4.81. The average Bonchev–Trinajstić information content (AvgIpc) is 3.27. The first-order chi connectivity index (χ1) is 19.1. The third-order valence-electron chi connectivity index (χ3n) is 7.74. The number of nitrogens with zero attached hydrogens (tertiary/aromatic N) is 6. The van der Waals surface area contributed by atoms with Gasteiger partial charge in [0.25, 0.3) is 11.8 Å². The second-order valence-electron chi connectivity index (χ2n) is 11.2. The predicted octanol–water partition coefficient (Wildman–Crippen LogP) is 4.94. The number of aromatic nitrogens is 4. The van der Waals surface area contributed by atoms with Gasteiger partial charge in [0.1, 0.15) is 17.0 Å². The molecule has 41 heavy (non-hydrogen) atoms. The zero-order valence-electron chi connectivity index (χ0n) is 23.2. The number of alkyl halides is 3. The van der Waals surface area contributed by atoms with Crippen LogP contribution in [-0.2, 0) is 24.7 Å². The standard InChI is InChI=1S/C28H30ClF3N6O3/c1-14-10-21-18(13-36(14)25(39)20-8-7-19(29)24(34-20)28(30,31)32)23-26(40)37(12-15(2)38(23)35-21)16(3)17-6-9-22(33-11-17)27(4,5)41/h6-9,11,14-16,41H,10,12-13H2,1-5H3/t14-,15-,16-/m1/s1. The minimum Gasteiger partial charge on any atom is -0.384 e. The van der Waals surface area contributed by atoms with E-state index in [0.29, 0.717) is 35.6 Å². The molecule has 13 heteroatoms. The molecule has 0 radical (unpaired) electrons. The first-order valence-corrected chi connectivity index (χ1v) is 13.6. The number of halogens is 4. The second kappa shape index (κ2) is 10.1. The van der Waals surface area contributed by atoms with Crippen LogP contribution in [0, 0.1) is 0 Å². The number of aliphatic hydroxyl groups is 1. The Morgan fingerprint density at radius 1 is 1.15 bits per heavy atom. The lowest BCUT2D eigenvalue weighted by atomic mass is 9.97. The van der Waals surface area contributed by atoms with Crippen LogP contribution in [0.15, 0.2) is 30.5 Å². The monoisotopic (exact) mass is 590 g/mol. The van der Waals surface area contributed by atoms with Crippen LogP contribution < -0.4 is 0 Å². The van der Waals surface area contributed by atoms with E-state index in [0.717, 1.165) is 11.6 Å². The van der Waals surface area contributed by atoms with Crippen LogP contribution in [0.2, 0.25) is 5.02 Å². The van der Waals surface area contributed by atoms with E-state index in [2.05, 4.69) is 9.97 Å². The Kier molecular flexibility index (Phi) is 7.14. The average molecular weight is 591 g/mol. The highest BCUT2D eigenvalue weighted by molar-refractivity contribution is 6.31. The minimum absolute atomic E-state index is 0.00115. The van der Waals surface area contributed by atoms with Crippen molar-refractivity contribution in [2.75, 3.05) is 6.54 Å². The third kappa shape index (κ3) is 5.19. The number of fused-ring (bicyclic) bond motifs is 3. The van der Waals surface area contributed by atoms with Crippen LogP contribution >= 0.6 is 11.6 Å². The fraction of sp³-hybridized carbons (Fsp3) is 0.464. The number of carbonyl (C=O) groups is 2. The summed E-state index contributed by atoms with van der Waals surface area (Å²) in [5.41, 5.74) is 0.117. The van der Waals surface area contributed by atoms with E-state index in [1.54, 1.807) is 42.6 Å². The van der Waals surface area contributed by atoms with Crippen molar-refractivity contribution in [3.63, 3.8) is 0 Å². The van der Waals surface area contributed by atoms with E-state index >= 15 is 0 Å². The summed E-state index contributed by atoms with van der Waals surface area (Å²) in [6.07, 6.45) is -2.83. The van der Waals surface area contributed by atoms with Crippen molar-refractivity contribution < 1.29 is 27.9 Å². The van der Waals surface area contributed by atoms with Gasteiger partial charge in [-0.1, -0.05) is 17.7 Å². The van der Waals surface area contributed by atoms with E-state index in [4.69, 9.17) is 16.7 Å². The van der Waals surface area contributed by atoms with E-state index in [9.17, 15) is 27.9 Å². The summed E-state index contributed by atoms with van der Waals surface area (Å²) < 4.78 is 41.9. The van der Waals surface area contributed by atoms with Gasteiger partial charge in [0.05, 0.1) is 35.0 Å². The van der Waals surface area contributed by atoms with Crippen molar-refractivity contribution in [3.8, 4) is 0 Å². The molecule has 9 nitrogen and oxygen atoms in total. The molecule has 0 bridgehead atoms. The van der Waals surface area contributed by atoms with Gasteiger partial charge in [-0.25, -0.2) is 4.98 Å². The summed E-state index contributed by atoms with van der Waals surface area (Å²) in [6, 6.07) is 4.86. The normalized spacial score (nSPS) is 20.1. The summed E-state index contributed by atoms with van der Waals surface area (Å²) in [5.74, 6) is -0.952. The van der Waals surface area contributed by atoms with Gasteiger partial charge in [0.15, 0.2) is 5.69 Å². The molecule has 3 atom stereocenters. The molecule has 0 fully saturated rings. The first-order valence-electron chi connectivity index (χ1n) is 13.2. The molecule has 2 aliphatic rings. The Balaban J connectivity index is 1.45. The van der Waals surface area contributed by atoms with E-state index < -0.39 is 28.4 Å². The molecule has 0 spiro atoms. The second-order valence-corrected chi connectivity index (χ2v) is 11.7. The maximum Gasteiger partial charge on any atom is 0.434 e. The summed E-state index contributed by atoms with van der Waals surface area (Å²) in [4.78, 5) is 38.4. The maximum absolute atomic E-state index is 13.9. The Hall–Kier alpha value is -3.51. The fourth-order valence-electron chi connectivity index (χ4n) is 5.40. The molecule has 0 aromatic carbocycles. The Morgan fingerprint density at radius 2 is 1.85 bits per heavy atom. The first kappa shape index (κ1) is 29.0. The Bertz CT molecular complexity index is 1520. The molecule has 0 saturated carbocycles. The number of hydrogen-bond acceptors (Lipinski definition) is 6. The molecule has 1 N–H and O–H groups in total. The maximum atomic E-state index is 13.9. The zero-order valence-corrected chi connectivity index (χ0v) is 24.0. The van der Waals surface area contributed by atoms with Crippen LogP contribution in [0.5, 0.6) is 0 Å². The van der Waals surface area contributed by atoms with Crippen molar-refractivity contribution in [1.82, 2.24) is 29.5 Å². The molecule has 3 aromatic heterocycles. The number of carbonyl (C=O) groups excluding carboxylic acids is 2. The summed E-state index contributed by atoms with van der Waals surface area (Å²) in [7, 11) is 0. The van der Waals surface area contributed by atoms with Gasteiger partial charge in [0.2, 0.25) is 0 Å². The van der Waals surface area contributed by atoms with Crippen LogP contribution in [0.3, 0.4) is 0 Å². The van der Waals surface area contributed by atoms with Crippen LogP contribution in [0.4, 0.5) is 13.2 Å². The molecule has 2 amide bonds. The van der Waals surface area contributed by atoms with Crippen LogP contribution in [0.1, 0.15) is 95.9 Å². The number of hydrogen-bond donors (Lipinski definition) is 1. The van der Waals surface area contributed by atoms with Crippen molar-refractivity contribution >= 4 is 23.4 Å². The van der Waals surface area contributed by atoms with Crippen molar-refractivity contribution in [2.24, 2.45) is 0 Å². The van der Waals surface area contributed by atoms with Gasteiger partial charge < -0.3 is 14.9 Å². The number of pyridine rings is 2. The lowest BCUT2D eigenvalue weighted by molar-refractivity contribution is -0.141. The predicted molar refractivity (Wildman–Crippen MR) is 143 cm³/mol. The van der Waals surface area contributed by atoms with Crippen molar-refractivity contribution in [2.45, 2.75) is 77.5 Å². The summed E-state index contributed by atoms with van der Waals surface area (Å²) in [5, 5.41) is 14.4. The topological polar surface area (TPSA) is 104 Å². The smallest absolute Gasteiger partial charge is 0.384 e. The highest BCUT2D eigenvalue weighted by atomic mass is 35.5. The van der Waals surface area contributed by atoms with Gasteiger partial charge >= 0.3 is 6.18 Å². The third-order valence-corrected chi connectivity index (χ3v) is 8.05. The highest BCUT2D eigenvalue weighted by Gasteiger charge is 2.41. The molecule has 3 aromatic rings. The molecular weight excluding hydrogens is 561 g/mol. The van der Waals surface area contributed by atoms with Crippen LogP contribution in [-0.4, -0.2) is 59.1 Å². The van der Waals surface area contributed by atoms with Crippen LogP contribution in [0.25, 0.3) is 0 Å². The summed E-state index contributed by atoms with van der Waals surface area (Å²) >= 11 is 5.70. The van der Waals surface area contributed by atoms with Gasteiger partial charge in [-0.2, -0.15) is 18.3 Å².